The number of hydrogen-bond acceptors (Lipinski definition) is 5. The largest absolute Gasteiger partial charge is 0.497 e. The molecule has 1 aliphatic heterocycles. The van der Waals surface area contributed by atoms with Crippen LogP contribution in [-0.2, 0) is 10.0 Å². The van der Waals surface area contributed by atoms with E-state index in [1.807, 2.05) is 0 Å². The van der Waals surface area contributed by atoms with Gasteiger partial charge in [-0.3, -0.25) is 9.59 Å². The average molecular weight is 388 g/mol. The maximum absolute atomic E-state index is 12.9. The van der Waals surface area contributed by atoms with Gasteiger partial charge in [-0.05, 0) is 42.5 Å². The Bertz CT molecular complexity index is 997. The van der Waals surface area contributed by atoms with E-state index in [0.717, 1.165) is 4.31 Å². The molecule has 0 atom stereocenters. The predicted octanol–water partition coefficient (Wildman–Crippen LogP) is 2.18. The van der Waals surface area contributed by atoms with Crippen molar-refractivity contribution in [3.8, 4) is 5.75 Å². The zero-order chi connectivity index (χ0) is 19.8. The molecule has 1 aliphatic rings. The van der Waals surface area contributed by atoms with Crippen molar-refractivity contribution in [2.75, 3.05) is 32.6 Å². The minimum Gasteiger partial charge on any atom is -0.497 e. The van der Waals surface area contributed by atoms with E-state index < -0.39 is 10.0 Å². The lowest BCUT2D eigenvalue weighted by atomic mass is 9.99. The second-order valence-electron chi connectivity index (χ2n) is 6.32. The van der Waals surface area contributed by atoms with Crippen LogP contribution in [0.3, 0.4) is 0 Å². The number of amides is 1. The summed E-state index contributed by atoms with van der Waals surface area (Å²) in [5.41, 5.74) is 1.33. The van der Waals surface area contributed by atoms with Crippen LogP contribution in [0.2, 0.25) is 0 Å². The van der Waals surface area contributed by atoms with Gasteiger partial charge in [0.2, 0.25) is 10.0 Å². The molecule has 0 radical (unpaired) electrons. The number of nitrogens with zero attached hydrogens (tertiary/aromatic N) is 2. The molecular weight excluding hydrogens is 368 g/mol. The van der Waals surface area contributed by atoms with Gasteiger partial charge in [0.1, 0.15) is 5.75 Å². The molecule has 0 aliphatic carbocycles. The quantitative estimate of drug-likeness (QED) is 0.802. The Labute approximate surface area is 158 Å². The molecule has 142 valence electrons. The van der Waals surface area contributed by atoms with Crippen LogP contribution < -0.4 is 9.64 Å². The van der Waals surface area contributed by atoms with Crippen molar-refractivity contribution >= 4 is 27.4 Å². The molecule has 7 nitrogen and oxygen atoms in total. The number of benzene rings is 2. The number of methoxy groups -OCH3 is 1. The summed E-state index contributed by atoms with van der Waals surface area (Å²) < 4.78 is 30.6. The zero-order valence-electron chi connectivity index (χ0n) is 15.3. The first kappa shape index (κ1) is 19.1. The zero-order valence-corrected chi connectivity index (χ0v) is 16.1. The first-order chi connectivity index (χ1) is 12.8. The van der Waals surface area contributed by atoms with Crippen molar-refractivity contribution in [3.63, 3.8) is 0 Å². The summed E-state index contributed by atoms with van der Waals surface area (Å²) in [4.78, 5) is 26.8. The minimum atomic E-state index is -3.56. The van der Waals surface area contributed by atoms with Crippen LogP contribution in [-0.4, -0.2) is 52.2 Å². The molecule has 0 unspecified atom stereocenters. The number of ether oxygens (including phenoxy) is 1. The molecule has 1 heterocycles. The molecule has 0 N–H and O–H groups in total. The standard InChI is InChI=1S/C19H20N2O5S/c1-20(2)27(24,25)15-7-4-13(5-8-15)19(23)21-11-10-18(22)16-12-14(26-3)6-9-17(16)21/h4-9,12H,10-11H2,1-3H3. The number of fused-ring (bicyclic) bond motifs is 1. The van der Waals surface area contributed by atoms with E-state index in [0.29, 0.717) is 22.6 Å². The molecule has 0 spiro atoms. The highest BCUT2D eigenvalue weighted by atomic mass is 32.2. The third-order valence-electron chi connectivity index (χ3n) is 4.48. The average Bonchev–Trinajstić information content (AvgIpc) is 2.67. The SMILES string of the molecule is COc1ccc2c(c1)C(=O)CCN2C(=O)c1ccc(S(=O)(=O)N(C)C)cc1. The second kappa shape index (κ2) is 7.13. The molecule has 2 aromatic carbocycles. The van der Waals surface area contributed by atoms with E-state index in [1.165, 1.54) is 50.4 Å². The van der Waals surface area contributed by atoms with Gasteiger partial charge in [-0.2, -0.15) is 0 Å². The van der Waals surface area contributed by atoms with Crippen LogP contribution in [0.4, 0.5) is 5.69 Å². The number of sulfonamides is 1. The highest BCUT2D eigenvalue weighted by molar-refractivity contribution is 7.89. The Morgan fingerprint density at radius 2 is 1.78 bits per heavy atom. The highest BCUT2D eigenvalue weighted by Gasteiger charge is 2.28. The Balaban J connectivity index is 1.93. The normalized spacial score (nSPS) is 14.2. The number of Topliss-reactive ketones (excluding diaryl/α,β-unsaturated/α-hetero) is 1. The van der Waals surface area contributed by atoms with Gasteiger partial charge in [-0.15, -0.1) is 0 Å². The van der Waals surface area contributed by atoms with E-state index in [2.05, 4.69) is 0 Å². The monoisotopic (exact) mass is 388 g/mol. The van der Waals surface area contributed by atoms with Crippen LogP contribution in [0.5, 0.6) is 5.75 Å². The molecule has 0 aromatic heterocycles. The number of carbonyl (C=O) groups is 2. The maximum Gasteiger partial charge on any atom is 0.258 e. The molecule has 27 heavy (non-hydrogen) atoms. The third-order valence-corrected chi connectivity index (χ3v) is 6.31. The summed E-state index contributed by atoms with van der Waals surface area (Å²) in [5, 5.41) is 0. The predicted molar refractivity (Wildman–Crippen MR) is 101 cm³/mol. The lowest BCUT2D eigenvalue weighted by Gasteiger charge is -2.29. The fraction of sp³-hybridized carbons (Fsp3) is 0.263. The van der Waals surface area contributed by atoms with Gasteiger partial charge >= 0.3 is 0 Å². The van der Waals surface area contributed by atoms with Crippen molar-refractivity contribution in [1.82, 2.24) is 4.31 Å². The maximum atomic E-state index is 12.9. The van der Waals surface area contributed by atoms with Gasteiger partial charge in [0.15, 0.2) is 5.78 Å². The van der Waals surface area contributed by atoms with Gasteiger partial charge in [0.25, 0.3) is 5.91 Å². The lowest BCUT2D eigenvalue weighted by Crippen LogP contribution is -2.37. The highest BCUT2D eigenvalue weighted by Crippen LogP contribution is 2.31. The first-order valence-electron chi connectivity index (χ1n) is 8.31. The van der Waals surface area contributed by atoms with Gasteiger partial charge in [0, 0.05) is 38.2 Å². The summed E-state index contributed by atoms with van der Waals surface area (Å²) >= 11 is 0. The van der Waals surface area contributed by atoms with Gasteiger partial charge in [-0.25, -0.2) is 12.7 Å². The van der Waals surface area contributed by atoms with E-state index in [4.69, 9.17) is 4.74 Å². The lowest BCUT2D eigenvalue weighted by molar-refractivity contribution is 0.0954. The fourth-order valence-corrected chi connectivity index (χ4v) is 3.82. The van der Waals surface area contributed by atoms with Crippen LogP contribution >= 0.6 is 0 Å². The Morgan fingerprint density at radius 1 is 1.11 bits per heavy atom. The van der Waals surface area contributed by atoms with E-state index in [9.17, 15) is 18.0 Å². The second-order valence-corrected chi connectivity index (χ2v) is 8.48. The number of anilines is 1. The van der Waals surface area contributed by atoms with E-state index in [1.54, 1.807) is 18.2 Å². The first-order valence-corrected chi connectivity index (χ1v) is 9.75. The van der Waals surface area contributed by atoms with E-state index >= 15 is 0 Å². The van der Waals surface area contributed by atoms with Crippen molar-refractivity contribution in [1.29, 1.82) is 0 Å². The van der Waals surface area contributed by atoms with Crippen LogP contribution in [0, 0.1) is 0 Å². The third kappa shape index (κ3) is 3.45. The number of hydrogen-bond donors (Lipinski definition) is 0. The van der Waals surface area contributed by atoms with Crippen molar-refractivity contribution < 1.29 is 22.7 Å². The van der Waals surface area contributed by atoms with Crippen molar-refractivity contribution in [2.24, 2.45) is 0 Å². The van der Waals surface area contributed by atoms with Crippen LogP contribution in [0.1, 0.15) is 27.1 Å². The van der Waals surface area contributed by atoms with Gasteiger partial charge in [-0.1, -0.05) is 0 Å². The molecular formula is C19H20N2O5S. The minimum absolute atomic E-state index is 0.0413. The molecule has 1 amide bonds. The summed E-state index contributed by atoms with van der Waals surface area (Å²) in [6.45, 7) is 0.273. The Morgan fingerprint density at radius 3 is 2.37 bits per heavy atom. The molecule has 0 saturated heterocycles. The van der Waals surface area contributed by atoms with Crippen molar-refractivity contribution in [2.45, 2.75) is 11.3 Å². The number of rotatable bonds is 4. The Kier molecular flexibility index (Phi) is 5.03. The number of carbonyl (C=O) groups excluding carboxylic acids is 2. The van der Waals surface area contributed by atoms with Crippen LogP contribution in [0.25, 0.3) is 0 Å². The Hall–Kier alpha value is -2.71. The van der Waals surface area contributed by atoms with Crippen molar-refractivity contribution in [3.05, 3.63) is 53.6 Å². The van der Waals surface area contributed by atoms with Gasteiger partial charge < -0.3 is 9.64 Å². The molecule has 0 saturated carbocycles. The molecule has 0 bridgehead atoms. The fourth-order valence-electron chi connectivity index (χ4n) is 2.92. The summed E-state index contributed by atoms with van der Waals surface area (Å²) in [5.74, 6) is 0.220. The molecule has 0 fully saturated rings. The number of ketones is 1. The van der Waals surface area contributed by atoms with E-state index in [-0.39, 0.29) is 29.6 Å². The molecule has 3 rings (SSSR count). The summed E-state index contributed by atoms with van der Waals surface area (Å²) in [6, 6.07) is 10.8. The molecule has 8 heteroatoms. The van der Waals surface area contributed by atoms with Gasteiger partial charge in [0.05, 0.1) is 17.7 Å². The topological polar surface area (TPSA) is 84.0 Å². The summed E-state index contributed by atoms with van der Waals surface area (Å²) in [7, 11) is 0.855. The summed E-state index contributed by atoms with van der Waals surface area (Å²) in [6.07, 6.45) is 0.221. The molecule has 2 aromatic rings. The van der Waals surface area contributed by atoms with Crippen LogP contribution in [0.15, 0.2) is 47.4 Å². The smallest absolute Gasteiger partial charge is 0.258 e.